The van der Waals surface area contributed by atoms with Crippen LogP contribution in [-0.2, 0) is 5.60 Å². The summed E-state index contributed by atoms with van der Waals surface area (Å²) in [5.74, 6) is -2.74. The van der Waals surface area contributed by atoms with Crippen molar-refractivity contribution in [2.75, 3.05) is 5.75 Å². The first-order valence-electron chi connectivity index (χ1n) is 9.10. The normalized spacial score (nSPS) is 14.0. The highest BCUT2D eigenvalue weighted by Crippen LogP contribution is 2.43. The lowest BCUT2D eigenvalue weighted by Gasteiger charge is -2.31. The minimum Gasteiger partial charge on any atom is -0.376 e. The molecule has 0 amide bonds. The molecule has 4 aromatic rings. The molecule has 0 aliphatic heterocycles. The van der Waals surface area contributed by atoms with Crippen LogP contribution in [0.5, 0.6) is 0 Å². The van der Waals surface area contributed by atoms with Crippen molar-refractivity contribution in [3.8, 4) is 5.69 Å². The molecule has 0 aliphatic carbocycles. The van der Waals surface area contributed by atoms with Crippen molar-refractivity contribution in [3.63, 3.8) is 0 Å². The van der Waals surface area contributed by atoms with Crippen LogP contribution in [-0.4, -0.2) is 26.8 Å². The summed E-state index contributed by atoms with van der Waals surface area (Å²) in [6, 6.07) is 15.5. The van der Waals surface area contributed by atoms with Gasteiger partial charge in [-0.25, -0.2) is 13.5 Å². The summed E-state index contributed by atoms with van der Waals surface area (Å²) < 4.78 is 70.2. The van der Waals surface area contributed by atoms with Gasteiger partial charge in [0.25, 0.3) is 0 Å². The van der Waals surface area contributed by atoms with Gasteiger partial charge in [-0.1, -0.05) is 24.3 Å². The number of hydrogen-bond donors (Lipinski definition) is 1. The maximum absolute atomic E-state index is 13.9. The minimum atomic E-state index is -5.03. The highest BCUT2D eigenvalue weighted by atomic mass is 32.2. The summed E-state index contributed by atoms with van der Waals surface area (Å²) in [5, 5.41) is 15.3. The Morgan fingerprint density at radius 3 is 2.35 bits per heavy atom. The average Bonchev–Trinajstić information content (AvgIpc) is 3.16. The van der Waals surface area contributed by atoms with E-state index in [1.165, 1.54) is 24.4 Å². The third-order valence-electron chi connectivity index (χ3n) is 4.85. The van der Waals surface area contributed by atoms with E-state index in [1.54, 1.807) is 16.8 Å². The van der Waals surface area contributed by atoms with Gasteiger partial charge < -0.3 is 5.11 Å². The Morgan fingerprint density at radius 2 is 1.68 bits per heavy atom. The molecule has 1 N–H and O–H groups in total. The molecule has 0 radical (unpaired) electrons. The lowest BCUT2D eigenvalue weighted by molar-refractivity contribution is -0.256. The van der Waals surface area contributed by atoms with E-state index >= 15 is 0 Å². The summed E-state index contributed by atoms with van der Waals surface area (Å²) >= 11 is 0.459. The predicted molar refractivity (Wildman–Crippen MR) is 108 cm³/mol. The quantitative estimate of drug-likeness (QED) is 0.306. The molecule has 4 rings (SSSR count). The molecule has 9 heteroatoms. The second-order valence-corrected chi connectivity index (χ2v) is 7.90. The van der Waals surface area contributed by atoms with Crippen LogP contribution in [0.15, 0.2) is 77.8 Å². The van der Waals surface area contributed by atoms with Crippen LogP contribution < -0.4 is 0 Å². The summed E-state index contributed by atoms with van der Waals surface area (Å²) in [6.45, 7) is 0. The van der Waals surface area contributed by atoms with Crippen LogP contribution in [0.25, 0.3) is 16.6 Å². The van der Waals surface area contributed by atoms with Gasteiger partial charge in [-0.3, -0.25) is 0 Å². The van der Waals surface area contributed by atoms with Gasteiger partial charge in [0.1, 0.15) is 11.6 Å². The Bertz CT molecular complexity index is 1230. The average molecular weight is 450 g/mol. The molecule has 0 saturated heterocycles. The fourth-order valence-corrected chi connectivity index (χ4v) is 4.22. The van der Waals surface area contributed by atoms with Gasteiger partial charge in [0.15, 0.2) is 5.60 Å². The number of rotatable bonds is 5. The summed E-state index contributed by atoms with van der Waals surface area (Å²) in [5.41, 5.74) is -2.34. The van der Waals surface area contributed by atoms with Gasteiger partial charge in [0, 0.05) is 22.1 Å². The van der Waals surface area contributed by atoms with Crippen molar-refractivity contribution in [3.05, 3.63) is 90.1 Å². The molecule has 0 spiro atoms. The second kappa shape index (κ2) is 7.97. The largest absolute Gasteiger partial charge is 0.422 e. The number of alkyl halides is 3. The van der Waals surface area contributed by atoms with E-state index in [-0.39, 0.29) is 4.90 Å². The third-order valence-corrected chi connectivity index (χ3v) is 6.05. The van der Waals surface area contributed by atoms with E-state index in [9.17, 15) is 27.1 Å². The van der Waals surface area contributed by atoms with Crippen LogP contribution in [0.3, 0.4) is 0 Å². The van der Waals surface area contributed by atoms with Crippen LogP contribution in [0.1, 0.15) is 5.56 Å². The van der Waals surface area contributed by atoms with Crippen molar-refractivity contribution >= 4 is 22.7 Å². The van der Waals surface area contributed by atoms with Crippen molar-refractivity contribution in [2.24, 2.45) is 0 Å². The van der Waals surface area contributed by atoms with Crippen molar-refractivity contribution < 1.29 is 27.1 Å². The van der Waals surface area contributed by atoms with Crippen LogP contribution in [0.2, 0.25) is 0 Å². The first-order chi connectivity index (χ1) is 14.7. The Balaban J connectivity index is 1.70. The van der Waals surface area contributed by atoms with Crippen LogP contribution >= 0.6 is 11.8 Å². The van der Waals surface area contributed by atoms with Gasteiger partial charge in [-0.15, -0.1) is 11.8 Å². The number of halogens is 5. The Hall–Kier alpha value is -2.91. The number of hydrogen-bond acceptors (Lipinski definition) is 3. The zero-order chi connectivity index (χ0) is 22.2. The molecule has 1 unspecified atom stereocenters. The number of thioether (sulfide) groups is 1. The van der Waals surface area contributed by atoms with E-state index < -0.39 is 34.7 Å². The molecular weight excluding hydrogens is 435 g/mol. The minimum absolute atomic E-state index is 0.193. The molecule has 0 fully saturated rings. The first kappa shape index (κ1) is 21.3. The van der Waals surface area contributed by atoms with Crippen molar-refractivity contribution in [2.45, 2.75) is 16.7 Å². The lowest BCUT2D eigenvalue weighted by Crippen LogP contribution is -2.44. The molecule has 3 nitrogen and oxygen atoms in total. The molecule has 0 saturated carbocycles. The van der Waals surface area contributed by atoms with E-state index in [0.29, 0.717) is 28.7 Å². The van der Waals surface area contributed by atoms with Gasteiger partial charge in [-0.05, 0) is 42.0 Å². The molecule has 1 heterocycles. The molecule has 0 aliphatic rings. The van der Waals surface area contributed by atoms with Crippen molar-refractivity contribution in [1.82, 2.24) is 9.78 Å². The summed E-state index contributed by atoms with van der Waals surface area (Å²) in [6.07, 6.45) is -3.62. The Morgan fingerprint density at radius 1 is 0.935 bits per heavy atom. The lowest BCUT2D eigenvalue weighted by atomic mass is 9.94. The Labute approximate surface area is 178 Å². The highest BCUT2D eigenvalue weighted by molar-refractivity contribution is 7.99. The number of fused-ring (bicyclic) bond motifs is 1. The third kappa shape index (κ3) is 4.03. The first-order valence-corrected chi connectivity index (χ1v) is 10.1. The number of benzene rings is 3. The van der Waals surface area contributed by atoms with Gasteiger partial charge in [0.2, 0.25) is 0 Å². The fraction of sp³-hybridized carbons (Fsp3) is 0.136. The second-order valence-electron chi connectivity index (χ2n) is 6.89. The summed E-state index contributed by atoms with van der Waals surface area (Å²) in [4.78, 5) is -0.193. The molecule has 3 aromatic carbocycles. The van der Waals surface area contributed by atoms with Crippen LogP contribution in [0.4, 0.5) is 22.0 Å². The van der Waals surface area contributed by atoms with Crippen LogP contribution in [0, 0.1) is 11.6 Å². The molecule has 1 aromatic heterocycles. The predicted octanol–water partition coefficient (Wildman–Crippen LogP) is 5.85. The number of aliphatic hydroxyl groups is 1. The SMILES string of the molecule is OC(CSc1ccc(F)cc1F)(c1ccc2c(cnn2-c2ccccc2)c1)C(F)(F)F. The zero-order valence-corrected chi connectivity index (χ0v) is 16.6. The maximum atomic E-state index is 13.9. The monoisotopic (exact) mass is 450 g/mol. The van der Waals surface area contributed by atoms with Gasteiger partial charge in [0.05, 0.1) is 17.4 Å². The maximum Gasteiger partial charge on any atom is 0.422 e. The Kier molecular flexibility index (Phi) is 5.49. The molecule has 160 valence electrons. The molecule has 0 bridgehead atoms. The molecule has 1 atom stereocenters. The number of nitrogens with zero attached hydrogens (tertiary/aromatic N) is 2. The topological polar surface area (TPSA) is 38.1 Å². The zero-order valence-electron chi connectivity index (χ0n) is 15.8. The van der Waals surface area contributed by atoms with Gasteiger partial charge in [-0.2, -0.15) is 18.3 Å². The molecule has 31 heavy (non-hydrogen) atoms. The summed E-state index contributed by atoms with van der Waals surface area (Å²) in [7, 11) is 0. The van der Waals surface area contributed by atoms with E-state index in [1.807, 2.05) is 18.2 Å². The standard InChI is InChI=1S/C22H15F5N2OS/c23-16-7-9-20(18(24)11-16)31-13-21(30,22(25,26)27)15-6-8-19-14(10-15)12-28-29(19)17-4-2-1-3-5-17/h1-12,30H,13H2. The van der Waals surface area contributed by atoms with E-state index in [2.05, 4.69) is 5.10 Å². The fourth-order valence-electron chi connectivity index (χ4n) is 3.17. The van der Waals surface area contributed by atoms with E-state index in [4.69, 9.17) is 0 Å². The highest BCUT2D eigenvalue weighted by Gasteiger charge is 2.55. The number of para-hydroxylation sites is 1. The number of aromatic nitrogens is 2. The molecular formula is C22H15F5N2OS. The smallest absolute Gasteiger partial charge is 0.376 e. The van der Waals surface area contributed by atoms with Crippen molar-refractivity contribution in [1.29, 1.82) is 0 Å². The van der Waals surface area contributed by atoms with E-state index in [0.717, 1.165) is 17.8 Å². The van der Waals surface area contributed by atoms with Gasteiger partial charge >= 0.3 is 6.18 Å².